The molecule has 8 nitrogen and oxygen atoms in total. The second kappa shape index (κ2) is 13.0. The summed E-state index contributed by atoms with van der Waals surface area (Å²) >= 11 is 0. The smallest absolute Gasteiger partial charge is 0.240 e. The standard InChI is InChI=1S/C28H32N6O2/c35-27(33-31-19-21-17-29-25-13-9-7-11-23(21)25)15-5-3-1-2-4-6-16-28(36)34-32-20-22-18-30-26-14-10-8-12-24(22)26/h7-14,17-20,29-30H,1-6,15-16H2,(H,33,35)(H,34,36). The summed E-state index contributed by atoms with van der Waals surface area (Å²) in [5, 5.41) is 10.3. The van der Waals surface area contributed by atoms with Crippen LogP contribution in [0, 0.1) is 0 Å². The largest absolute Gasteiger partial charge is 0.361 e. The highest BCUT2D eigenvalue weighted by molar-refractivity contribution is 6.00. The van der Waals surface area contributed by atoms with Crippen LogP contribution in [0.2, 0.25) is 0 Å². The van der Waals surface area contributed by atoms with Gasteiger partial charge in [0.1, 0.15) is 0 Å². The van der Waals surface area contributed by atoms with E-state index < -0.39 is 0 Å². The van der Waals surface area contributed by atoms with Crippen molar-refractivity contribution in [2.24, 2.45) is 10.2 Å². The molecule has 0 spiro atoms. The van der Waals surface area contributed by atoms with Crippen LogP contribution >= 0.6 is 0 Å². The summed E-state index contributed by atoms with van der Waals surface area (Å²) < 4.78 is 0. The molecular weight excluding hydrogens is 452 g/mol. The number of benzene rings is 2. The predicted molar refractivity (Wildman–Crippen MR) is 145 cm³/mol. The van der Waals surface area contributed by atoms with Crippen molar-refractivity contribution in [3.63, 3.8) is 0 Å². The van der Waals surface area contributed by atoms with Crippen molar-refractivity contribution in [1.29, 1.82) is 0 Å². The molecule has 0 fully saturated rings. The quantitative estimate of drug-likeness (QED) is 0.116. The van der Waals surface area contributed by atoms with E-state index in [0.29, 0.717) is 12.8 Å². The zero-order chi connectivity index (χ0) is 25.0. The van der Waals surface area contributed by atoms with E-state index in [4.69, 9.17) is 0 Å². The van der Waals surface area contributed by atoms with E-state index in [9.17, 15) is 9.59 Å². The third-order valence-corrected chi connectivity index (χ3v) is 6.09. The molecule has 2 aromatic heterocycles. The maximum absolute atomic E-state index is 12.0. The van der Waals surface area contributed by atoms with Gasteiger partial charge in [-0.1, -0.05) is 62.1 Å². The molecule has 8 heteroatoms. The molecule has 4 rings (SSSR count). The van der Waals surface area contributed by atoms with Crippen molar-refractivity contribution in [1.82, 2.24) is 20.8 Å². The normalized spacial score (nSPS) is 11.7. The lowest BCUT2D eigenvalue weighted by molar-refractivity contribution is -0.122. The molecule has 2 heterocycles. The van der Waals surface area contributed by atoms with Crippen molar-refractivity contribution in [2.45, 2.75) is 51.4 Å². The highest BCUT2D eigenvalue weighted by Crippen LogP contribution is 2.16. The number of carbonyl (C=O) groups excluding carboxylic acids is 2. The molecule has 186 valence electrons. The Kier molecular flexibility index (Phi) is 9.02. The van der Waals surface area contributed by atoms with Crippen LogP contribution in [0.5, 0.6) is 0 Å². The van der Waals surface area contributed by atoms with Crippen LogP contribution in [0.3, 0.4) is 0 Å². The molecular formula is C28H32N6O2. The fraction of sp³-hybridized carbons (Fsp3) is 0.286. The van der Waals surface area contributed by atoms with Gasteiger partial charge < -0.3 is 9.97 Å². The summed E-state index contributed by atoms with van der Waals surface area (Å²) in [6, 6.07) is 15.9. The molecule has 2 aromatic carbocycles. The Morgan fingerprint density at radius 2 is 1.06 bits per heavy atom. The van der Waals surface area contributed by atoms with Gasteiger partial charge in [0.15, 0.2) is 0 Å². The van der Waals surface area contributed by atoms with Crippen LogP contribution in [0.15, 0.2) is 71.1 Å². The van der Waals surface area contributed by atoms with E-state index in [1.54, 1.807) is 12.4 Å². The van der Waals surface area contributed by atoms with Crippen molar-refractivity contribution < 1.29 is 9.59 Å². The Hall–Kier alpha value is -4.20. The average molecular weight is 485 g/mol. The van der Waals surface area contributed by atoms with Crippen molar-refractivity contribution in [3.8, 4) is 0 Å². The van der Waals surface area contributed by atoms with Gasteiger partial charge in [0, 0.05) is 58.2 Å². The summed E-state index contributed by atoms with van der Waals surface area (Å²) in [6.07, 6.45) is 13.7. The Labute approximate surface area is 210 Å². The molecule has 4 N–H and O–H groups in total. The molecule has 0 unspecified atom stereocenters. The minimum absolute atomic E-state index is 0.0732. The molecule has 4 aromatic rings. The minimum atomic E-state index is -0.0732. The number of carbonyl (C=O) groups is 2. The molecule has 0 saturated heterocycles. The van der Waals surface area contributed by atoms with Crippen molar-refractivity contribution in [3.05, 3.63) is 72.1 Å². The number of unbranched alkanes of at least 4 members (excludes halogenated alkanes) is 5. The van der Waals surface area contributed by atoms with Crippen LogP contribution in [0.1, 0.15) is 62.5 Å². The predicted octanol–water partition coefficient (Wildman–Crippen LogP) is 5.37. The number of hydrogen-bond donors (Lipinski definition) is 4. The monoisotopic (exact) mass is 484 g/mol. The Balaban J connectivity index is 1.01. The van der Waals surface area contributed by atoms with Crippen LogP contribution < -0.4 is 10.9 Å². The van der Waals surface area contributed by atoms with E-state index in [1.165, 1.54) is 0 Å². The fourth-order valence-electron chi connectivity index (χ4n) is 4.14. The van der Waals surface area contributed by atoms with E-state index in [0.717, 1.165) is 71.5 Å². The highest BCUT2D eigenvalue weighted by Gasteiger charge is 2.03. The Morgan fingerprint density at radius 3 is 1.53 bits per heavy atom. The number of rotatable bonds is 13. The number of nitrogens with zero attached hydrogens (tertiary/aromatic N) is 2. The maximum Gasteiger partial charge on any atom is 0.240 e. The van der Waals surface area contributed by atoms with Gasteiger partial charge in [-0.25, -0.2) is 10.9 Å². The van der Waals surface area contributed by atoms with Gasteiger partial charge in [0.25, 0.3) is 0 Å². The summed E-state index contributed by atoms with van der Waals surface area (Å²) in [5.74, 6) is -0.146. The summed E-state index contributed by atoms with van der Waals surface area (Å²) in [6.45, 7) is 0. The Morgan fingerprint density at radius 1 is 0.639 bits per heavy atom. The van der Waals surface area contributed by atoms with E-state index in [1.807, 2.05) is 60.9 Å². The molecule has 0 radical (unpaired) electrons. The molecule has 0 aliphatic rings. The van der Waals surface area contributed by atoms with Gasteiger partial charge >= 0.3 is 0 Å². The van der Waals surface area contributed by atoms with E-state index >= 15 is 0 Å². The van der Waals surface area contributed by atoms with Gasteiger partial charge in [-0.3, -0.25) is 9.59 Å². The summed E-state index contributed by atoms with van der Waals surface area (Å²) in [4.78, 5) is 30.3. The third kappa shape index (κ3) is 7.15. The van der Waals surface area contributed by atoms with Gasteiger partial charge in [0.2, 0.25) is 11.8 Å². The van der Waals surface area contributed by atoms with Crippen LogP contribution in [0.4, 0.5) is 0 Å². The second-order valence-electron chi connectivity index (χ2n) is 8.79. The zero-order valence-electron chi connectivity index (χ0n) is 20.3. The average Bonchev–Trinajstić information content (AvgIpc) is 3.50. The molecule has 0 atom stereocenters. The molecule has 2 amide bonds. The lowest BCUT2D eigenvalue weighted by Gasteiger charge is -2.02. The number of para-hydroxylation sites is 2. The lowest BCUT2D eigenvalue weighted by Crippen LogP contribution is -2.17. The van der Waals surface area contributed by atoms with E-state index in [-0.39, 0.29) is 11.8 Å². The zero-order valence-corrected chi connectivity index (χ0v) is 20.3. The third-order valence-electron chi connectivity index (χ3n) is 6.09. The number of amides is 2. The van der Waals surface area contributed by atoms with Crippen LogP contribution in [-0.2, 0) is 9.59 Å². The van der Waals surface area contributed by atoms with Crippen molar-refractivity contribution >= 4 is 46.0 Å². The first-order valence-corrected chi connectivity index (χ1v) is 12.5. The molecule has 0 aliphatic heterocycles. The number of nitrogens with one attached hydrogen (secondary N) is 4. The number of H-pyrrole nitrogens is 2. The first-order chi connectivity index (χ1) is 17.7. The van der Waals surface area contributed by atoms with E-state index in [2.05, 4.69) is 31.0 Å². The van der Waals surface area contributed by atoms with Gasteiger partial charge in [-0.05, 0) is 25.0 Å². The molecule has 0 aliphatic carbocycles. The molecule has 36 heavy (non-hydrogen) atoms. The first kappa shape index (κ1) is 24.9. The molecule has 0 saturated carbocycles. The topological polar surface area (TPSA) is 114 Å². The first-order valence-electron chi connectivity index (χ1n) is 12.5. The van der Waals surface area contributed by atoms with Crippen LogP contribution in [-0.4, -0.2) is 34.2 Å². The number of hydrazone groups is 2. The van der Waals surface area contributed by atoms with Gasteiger partial charge in [-0.2, -0.15) is 10.2 Å². The van der Waals surface area contributed by atoms with Crippen LogP contribution in [0.25, 0.3) is 21.8 Å². The fourth-order valence-corrected chi connectivity index (χ4v) is 4.14. The van der Waals surface area contributed by atoms with Crippen molar-refractivity contribution in [2.75, 3.05) is 0 Å². The molecule has 0 bridgehead atoms. The Bertz CT molecular complexity index is 1250. The maximum atomic E-state index is 12.0. The van der Waals surface area contributed by atoms with Gasteiger partial charge in [0.05, 0.1) is 12.4 Å². The summed E-state index contributed by atoms with van der Waals surface area (Å²) in [7, 11) is 0. The second-order valence-corrected chi connectivity index (χ2v) is 8.79. The number of hydrogen-bond acceptors (Lipinski definition) is 4. The number of aromatic nitrogens is 2. The summed E-state index contributed by atoms with van der Waals surface area (Å²) in [5.41, 5.74) is 9.18. The lowest BCUT2D eigenvalue weighted by atomic mass is 10.1. The number of fused-ring (bicyclic) bond motifs is 2. The highest BCUT2D eigenvalue weighted by atomic mass is 16.2. The van der Waals surface area contributed by atoms with Gasteiger partial charge in [-0.15, -0.1) is 0 Å². The number of aromatic amines is 2. The minimum Gasteiger partial charge on any atom is -0.361 e. The SMILES string of the molecule is O=C(CCCCCCCCC(=O)NN=Cc1c[nH]c2ccccc12)NN=Cc1c[nH]c2ccccc12.